The van der Waals surface area contributed by atoms with Crippen molar-refractivity contribution in [1.29, 1.82) is 0 Å². The highest BCUT2D eigenvalue weighted by atomic mass is 19.1. The van der Waals surface area contributed by atoms with Gasteiger partial charge in [-0.25, -0.2) is 9.18 Å². The van der Waals surface area contributed by atoms with Crippen LogP contribution in [0, 0.1) is 5.82 Å². The Labute approximate surface area is 136 Å². The second-order valence-corrected chi connectivity index (χ2v) is 5.08. The lowest BCUT2D eigenvalue weighted by atomic mass is 10.1. The summed E-state index contributed by atoms with van der Waals surface area (Å²) < 4.78 is 23.5. The average molecular weight is 324 g/mol. The van der Waals surface area contributed by atoms with E-state index < -0.39 is 17.2 Å². The van der Waals surface area contributed by atoms with Crippen molar-refractivity contribution in [3.63, 3.8) is 0 Å². The normalized spacial score (nSPS) is 11.1. The average Bonchev–Trinajstić information content (AvgIpc) is 2.58. The molecule has 1 aromatic heterocycles. The van der Waals surface area contributed by atoms with Gasteiger partial charge in [0.05, 0.1) is 7.11 Å². The maximum Gasteiger partial charge on any atom is 0.347 e. The first-order chi connectivity index (χ1) is 11.6. The summed E-state index contributed by atoms with van der Waals surface area (Å²) in [5.74, 6) is -0.501. The van der Waals surface area contributed by atoms with Gasteiger partial charge in [-0.05, 0) is 35.9 Å². The van der Waals surface area contributed by atoms with Gasteiger partial charge in [-0.1, -0.05) is 30.3 Å². The van der Waals surface area contributed by atoms with Gasteiger partial charge in [0.15, 0.2) is 17.1 Å². The third-order valence-corrected chi connectivity index (χ3v) is 3.49. The number of para-hydroxylation sites is 1. The molecule has 0 aliphatic heterocycles. The van der Waals surface area contributed by atoms with Crippen LogP contribution in [0.4, 0.5) is 4.39 Å². The monoisotopic (exact) mass is 324 g/mol. The molecule has 2 aromatic carbocycles. The standard InChI is InChI=1S/C19H13FO4/c1-23-17-7-3-5-13-11-15(19(22)24-18(13)17)16(21)9-8-12-4-2-6-14(20)10-12/h2-11H,1H3. The van der Waals surface area contributed by atoms with Crippen LogP contribution in [-0.4, -0.2) is 12.9 Å². The second-order valence-electron chi connectivity index (χ2n) is 5.08. The molecule has 0 N–H and O–H groups in total. The van der Waals surface area contributed by atoms with Crippen LogP contribution < -0.4 is 10.4 Å². The molecule has 0 aliphatic rings. The summed E-state index contributed by atoms with van der Waals surface area (Å²) in [7, 11) is 1.47. The fraction of sp³-hybridized carbons (Fsp3) is 0.0526. The quantitative estimate of drug-likeness (QED) is 0.416. The second kappa shape index (κ2) is 6.50. The Morgan fingerprint density at radius 2 is 1.96 bits per heavy atom. The fourth-order valence-electron chi connectivity index (χ4n) is 2.32. The van der Waals surface area contributed by atoms with Crippen LogP contribution in [0.3, 0.4) is 0 Å². The molecular weight excluding hydrogens is 311 g/mol. The predicted molar refractivity (Wildman–Crippen MR) is 88.8 cm³/mol. The molecule has 1 heterocycles. The number of carbonyl (C=O) groups excluding carboxylic acids is 1. The van der Waals surface area contributed by atoms with E-state index in [0.717, 1.165) is 0 Å². The van der Waals surface area contributed by atoms with Crippen LogP contribution >= 0.6 is 0 Å². The van der Waals surface area contributed by atoms with E-state index in [2.05, 4.69) is 0 Å². The first-order valence-corrected chi connectivity index (χ1v) is 7.17. The number of ether oxygens (including phenoxy) is 1. The lowest BCUT2D eigenvalue weighted by Gasteiger charge is -2.04. The molecule has 5 heteroatoms. The molecule has 0 saturated carbocycles. The lowest BCUT2D eigenvalue weighted by molar-refractivity contribution is 0.104. The number of halogens is 1. The Kier molecular flexibility index (Phi) is 4.24. The molecule has 0 atom stereocenters. The number of hydrogen-bond donors (Lipinski definition) is 0. The lowest BCUT2D eigenvalue weighted by Crippen LogP contribution is -2.12. The third-order valence-electron chi connectivity index (χ3n) is 3.49. The van der Waals surface area contributed by atoms with E-state index in [0.29, 0.717) is 16.7 Å². The number of carbonyl (C=O) groups is 1. The van der Waals surface area contributed by atoms with Crippen molar-refractivity contribution in [2.45, 2.75) is 0 Å². The molecule has 0 bridgehead atoms. The maximum atomic E-state index is 13.1. The van der Waals surface area contributed by atoms with E-state index >= 15 is 0 Å². The summed E-state index contributed by atoms with van der Waals surface area (Å²) in [5.41, 5.74) is -0.0323. The first kappa shape index (κ1) is 15.7. The van der Waals surface area contributed by atoms with E-state index in [9.17, 15) is 14.0 Å². The van der Waals surface area contributed by atoms with Crippen molar-refractivity contribution < 1.29 is 18.3 Å². The van der Waals surface area contributed by atoms with Crippen LogP contribution in [0.5, 0.6) is 5.75 Å². The zero-order chi connectivity index (χ0) is 17.1. The summed E-state index contributed by atoms with van der Waals surface area (Å²) in [6.45, 7) is 0. The first-order valence-electron chi connectivity index (χ1n) is 7.17. The van der Waals surface area contributed by atoms with Gasteiger partial charge in [0.1, 0.15) is 11.4 Å². The largest absolute Gasteiger partial charge is 0.493 e. The van der Waals surface area contributed by atoms with Gasteiger partial charge in [-0.3, -0.25) is 4.79 Å². The van der Waals surface area contributed by atoms with E-state index in [4.69, 9.17) is 9.15 Å². The van der Waals surface area contributed by atoms with Gasteiger partial charge in [0.2, 0.25) is 0 Å². The highest BCUT2D eigenvalue weighted by molar-refractivity contribution is 6.08. The summed E-state index contributed by atoms with van der Waals surface area (Å²) in [6, 6.07) is 12.4. The highest BCUT2D eigenvalue weighted by Crippen LogP contribution is 2.24. The molecular formula is C19H13FO4. The topological polar surface area (TPSA) is 56.5 Å². The molecule has 0 unspecified atom stereocenters. The number of rotatable bonds is 4. The zero-order valence-electron chi connectivity index (χ0n) is 12.8. The van der Waals surface area contributed by atoms with Crippen molar-refractivity contribution in [1.82, 2.24) is 0 Å². The Bertz CT molecular complexity index is 1000. The van der Waals surface area contributed by atoms with Gasteiger partial charge in [-0.15, -0.1) is 0 Å². The number of benzene rings is 2. The van der Waals surface area contributed by atoms with Crippen LogP contribution in [-0.2, 0) is 0 Å². The number of hydrogen-bond acceptors (Lipinski definition) is 4. The number of ketones is 1. The van der Waals surface area contributed by atoms with Crippen LogP contribution in [0.2, 0.25) is 0 Å². The molecule has 0 radical (unpaired) electrons. The van der Waals surface area contributed by atoms with E-state index in [1.807, 2.05) is 0 Å². The smallest absolute Gasteiger partial charge is 0.347 e. The minimum atomic E-state index is -0.749. The molecule has 0 amide bonds. The van der Waals surface area contributed by atoms with Crippen molar-refractivity contribution in [2.75, 3.05) is 7.11 Å². The Morgan fingerprint density at radius 1 is 1.17 bits per heavy atom. The summed E-state index contributed by atoms with van der Waals surface area (Å²) >= 11 is 0. The SMILES string of the molecule is COc1cccc2cc(C(=O)C=Cc3cccc(F)c3)c(=O)oc12. The number of methoxy groups -OCH3 is 1. The summed E-state index contributed by atoms with van der Waals surface area (Å²) in [5, 5.41) is 0.580. The van der Waals surface area contributed by atoms with Gasteiger partial charge in [0.25, 0.3) is 0 Å². The summed E-state index contributed by atoms with van der Waals surface area (Å²) in [4.78, 5) is 24.3. The number of fused-ring (bicyclic) bond motifs is 1. The van der Waals surface area contributed by atoms with Gasteiger partial charge in [-0.2, -0.15) is 0 Å². The van der Waals surface area contributed by atoms with Crippen molar-refractivity contribution in [2.24, 2.45) is 0 Å². The Hall–Kier alpha value is -3.21. The molecule has 4 nitrogen and oxygen atoms in total. The van der Waals surface area contributed by atoms with E-state index in [-0.39, 0.29) is 11.1 Å². The van der Waals surface area contributed by atoms with Crippen molar-refractivity contribution in [3.8, 4) is 5.75 Å². The van der Waals surface area contributed by atoms with E-state index in [1.165, 1.54) is 43.5 Å². The van der Waals surface area contributed by atoms with Crippen LogP contribution in [0.1, 0.15) is 15.9 Å². The molecule has 0 fully saturated rings. The van der Waals surface area contributed by atoms with Gasteiger partial charge >= 0.3 is 5.63 Å². The number of allylic oxidation sites excluding steroid dienone is 1. The van der Waals surface area contributed by atoms with Gasteiger partial charge < -0.3 is 9.15 Å². The fourth-order valence-corrected chi connectivity index (χ4v) is 2.32. The summed E-state index contributed by atoms with van der Waals surface area (Å²) in [6.07, 6.45) is 2.66. The highest BCUT2D eigenvalue weighted by Gasteiger charge is 2.13. The minimum absolute atomic E-state index is 0.0941. The predicted octanol–water partition coefficient (Wildman–Crippen LogP) is 3.84. The maximum absolute atomic E-state index is 13.1. The van der Waals surface area contributed by atoms with Crippen LogP contribution in [0.25, 0.3) is 17.0 Å². The van der Waals surface area contributed by atoms with E-state index in [1.54, 1.807) is 24.3 Å². The Morgan fingerprint density at radius 3 is 2.71 bits per heavy atom. The molecule has 120 valence electrons. The molecule has 3 aromatic rings. The molecule has 0 saturated heterocycles. The molecule has 3 rings (SSSR count). The molecule has 0 spiro atoms. The van der Waals surface area contributed by atoms with Gasteiger partial charge in [0, 0.05) is 5.39 Å². The Balaban J connectivity index is 1.98. The third kappa shape index (κ3) is 3.10. The van der Waals surface area contributed by atoms with Crippen LogP contribution in [0.15, 0.2) is 63.8 Å². The molecule has 0 aliphatic carbocycles. The van der Waals surface area contributed by atoms with Crippen molar-refractivity contribution in [3.05, 3.63) is 82.0 Å². The zero-order valence-corrected chi connectivity index (χ0v) is 12.8. The van der Waals surface area contributed by atoms with Crippen molar-refractivity contribution >= 4 is 22.8 Å². The minimum Gasteiger partial charge on any atom is -0.493 e. The molecule has 24 heavy (non-hydrogen) atoms.